The molecule has 1 atom stereocenters. The molecule has 0 aliphatic carbocycles. The molecule has 0 saturated carbocycles. The van der Waals surface area contributed by atoms with E-state index in [9.17, 15) is 0 Å². The summed E-state index contributed by atoms with van der Waals surface area (Å²) in [7, 11) is 0. The summed E-state index contributed by atoms with van der Waals surface area (Å²) >= 11 is 0. The zero-order valence-corrected chi connectivity index (χ0v) is 13.1. The number of hydrogen-bond donors (Lipinski definition) is 2. The first kappa shape index (κ1) is 14.7. The van der Waals surface area contributed by atoms with E-state index < -0.39 is 0 Å². The van der Waals surface area contributed by atoms with Gasteiger partial charge in [0.15, 0.2) is 17.1 Å². The average Bonchev–Trinajstić information content (AvgIpc) is 3.22. The van der Waals surface area contributed by atoms with Crippen molar-refractivity contribution in [1.82, 2.24) is 19.7 Å². The maximum atomic E-state index is 9.10. The summed E-state index contributed by atoms with van der Waals surface area (Å²) in [6, 6.07) is 5.88. The second-order valence-corrected chi connectivity index (χ2v) is 5.53. The number of aromatic nitrogens is 4. The monoisotopic (exact) mass is 327 g/mol. The average molecular weight is 327 g/mol. The van der Waals surface area contributed by atoms with Crippen LogP contribution in [-0.2, 0) is 6.54 Å². The summed E-state index contributed by atoms with van der Waals surface area (Å²) in [5.74, 6) is 2.22. The highest BCUT2D eigenvalue weighted by atomic mass is 16.7. The fourth-order valence-corrected chi connectivity index (χ4v) is 2.74. The van der Waals surface area contributed by atoms with Crippen molar-refractivity contribution in [2.75, 3.05) is 18.7 Å². The minimum absolute atomic E-state index is 0.0111. The maximum absolute atomic E-state index is 9.10. The van der Waals surface area contributed by atoms with Crippen molar-refractivity contribution in [2.45, 2.75) is 19.5 Å². The Morgan fingerprint density at radius 2 is 2.17 bits per heavy atom. The molecule has 0 fully saturated rings. The van der Waals surface area contributed by atoms with Crippen LogP contribution in [0.3, 0.4) is 0 Å². The number of hydrogen-bond acceptors (Lipinski definition) is 7. The largest absolute Gasteiger partial charge is 0.454 e. The number of rotatable bonds is 5. The van der Waals surface area contributed by atoms with Gasteiger partial charge in [-0.1, -0.05) is 6.07 Å². The van der Waals surface area contributed by atoms with E-state index in [1.807, 2.05) is 25.1 Å². The molecule has 24 heavy (non-hydrogen) atoms. The molecule has 2 aromatic heterocycles. The van der Waals surface area contributed by atoms with Crippen molar-refractivity contribution in [3.8, 4) is 11.5 Å². The predicted octanol–water partition coefficient (Wildman–Crippen LogP) is 1.72. The molecule has 1 aromatic carbocycles. The third-order valence-electron chi connectivity index (χ3n) is 4.00. The van der Waals surface area contributed by atoms with E-state index in [1.165, 1.54) is 6.33 Å². The molecule has 0 amide bonds. The van der Waals surface area contributed by atoms with Gasteiger partial charge in [-0.25, -0.2) is 14.6 Å². The van der Waals surface area contributed by atoms with Gasteiger partial charge in [0.05, 0.1) is 30.8 Å². The predicted molar refractivity (Wildman–Crippen MR) is 87.0 cm³/mol. The fraction of sp³-hybridized carbons (Fsp3) is 0.312. The van der Waals surface area contributed by atoms with Crippen LogP contribution in [0.25, 0.3) is 11.0 Å². The zero-order valence-electron chi connectivity index (χ0n) is 13.1. The van der Waals surface area contributed by atoms with Crippen LogP contribution in [0.2, 0.25) is 0 Å². The molecule has 0 bridgehead atoms. The van der Waals surface area contributed by atoms with Crippen molar-refractivity contribution in [3.05, 3.63) is 36.3 Å². The van der Waals surface area contributed by atoms with E-state index in [2.05, 4.69) is 20.4 Å². The van der Waals surface area contributed by atoms with E-state index in [-0.39, 0.29) is 19.4 Å². The third-order valence-corrected chi connectivity index (χ3v) is 4.00. The molecular formula is C16H17N5O3. The van der Waals surface area contributed by atoms with Gasteiger partial charge in [0.1, 0.15) is 12.1 Å². The Balaban J connectivity index is 1.62. The number of anilines is 1. The first-order chi connectivity index (χ1) is 11.8. The molecule has 0 unspecified atom stereocenters. The lowest BCUT2D eigenvalue weighted by molar-refractivity contribution is 0.174. The second kappa shape index (κ2) is 5.97. The van der Waals surface area contributed by atoms with Crippen molar-refractivity contribution in [2.24, 2.45) is 0 Å². The molecule has 8 heteroatoms. The molecule has 3 heterocycles. The highest BCUT2D eigenvalue weighted by Crippen LogP contribution is 2.35. The van der Waals surface area contributed by atoms with Crippen molar-refractivity contribution >= 4 is 16.9 Å². The fourth-order valence-electron chi connectivity index (χ4n) is 2.74. The van der Waals surface area contributed by atoms with Gasteiger partial charge in [0.25, 0.3) is 0 Å². The number of aliphatic hydroxyl groups excluding tert-OH is 1. The van der Waals surface area contributed by atoms with Crippen LogP contribution in [0.15, 0.2) is 30.7 Å². The van der Waals surface area contributed by atoms with Crippen LogP contribution in [0.4, 0.5) is 5.82 Å². The molecular weight excluding hydrogens is 310 g/mol. The summed E-state index contributed by atoms with van der Waals surface area (Å²) in [5, 5.41) is 17.5. The SMILES string of the molecule is C[C@H](Nc1ncnc2c1cnn2CCO)c1ccc2c(c1)OCO2. The lowest BCUT2D eigenvalue weighted by Gasteiger charge is -2.15. The van der Waals surface area contributed by atoms with Crippen LogP contribution in [0, 0.1) is 0 Å². The summed E-state index contributed by atoms with van der Waals surface area (Å²) < 4.78 is 12.4. The van der Waals surface area contributed by atoms with E-state index >= 15 is 0 Å². The van der Waals surface area contributed by atoms with Crippen molar-refractivity contribution in [3.63, 3.8) is 0 Å². The third kappa shape index (κ3) is 2.50. The first-order valence-electron chi connectivity index (χ1n) is 7.69. The lowest BCUT2D eigenvalue weighted by Crippen LogP contribution is -2.09. The molecule has 1 aliphatic rings. The second-order valence-electron chi connectivity index (χ2n) is 5.53. The lowest BCUT2D eigenvalue weighted by atomic mass is 10.1. The highest BCUT2D eigenvalue weighted by Gasteiger charge is 2.17. The zero-order chi connectivity index (χ0) is 16.5. The Morgan fingerprint density at radius 1 is 1.29 bits per heavy atom. The highest BCUT2D eigenvalue weighted by molar-refractivity contribution is 5.86. The summed E-state index contributed by atoms with van der Waals surface area (Å²) in [6.07, 6.45) is 3.20. The van der Waals surface area contributed by atoms with Gasteiger partial charge in [-0.15, -0.1) is 0 Å². The van der Waals surface area contributed by atoms with E-state index in [4.69, 9.17) is 14.6 Å². The normalized spacial score (nSPS) is 14.1. The number of fused-ring (bicyclic) bond motifs is 2. The first-order valence-corrected chi connectivity index (χ1v) is 7.69. The molecule has 3 aromatic rings. The Morgan fingerprint density at radius 3 is 3.04 bits per heavy atom. The minimum Gasteiger partial charge on any atom is -0.454 e. The van der Waals surface area contributed by atoms with Crippen LogP contribution in [-0.4, -0.2) is 38.3 Å². The van der Waals surface area contributed by atoms with Crippen LogP contribution < -0.4 is 14.8 Å². The van der Waals surface area contributed by atoms with Gasteiger partial charge < -0.3 is 19.9 Å². The van der Waals surface area contributed by atoms with Gasteiger partial charge in [0, 0.05) is 0 Å². The molecule has 0 spiro atoms. The molecule has 0 radical (unpaired) electrons. The van der Waals surface area contributed by atoms with Gasteiger partial charge in [0.2, 0.25) is 6.79 Å². The van der Waals surface area contributed by atoms with Crippen LogP contribution in [0.5, 0.6) is 11.5 Å². The standard InChI is InChI=1S/C16H17N5O3/c1-10(11-2-3-13-14(6-11)24-9-23-13)20-15-12-7-19-21(4-5-22)16(12)18-8-17-15/h2-3,6-8,10,22H,4-5,9H2,1H3,(H,17,18,20)/t10-/m0/s1. The van der Waals surface area contributed by atoms with Gasteiger partial charge >= 0.3 is 0 Å². The summed E-state index contributed by atoms with van der Waals surface area (Å²) in [4.78, 5) is 8.57. The molecule has 8 nitrogen and oxygen atoms in total. The van der Waals surface area contributed by atoms with Gasteiger partial charge in [-0.2, -0.15) is 5.10 Å². The van der Waals surface area contributed by atoms with Gasteiger partial charge in [-0.05, 0) is 24.6 Å². The smallest absolute Gasteiger partial charge is 0.231 e. The maximum Gasteiger partial charge on any atom is 0.231 e. The number of nitrogens with zero attached hydrogens (tertiary/aromatic N) is 4. The quantitative estimate of drug-likeness (QED) is 0.737. The van der Waals surface area contributed by atoms with Crippen molar-refractivity contribution in [1.29, 1.82) is 0 Å². The Bertz CT molecular complexity index is 879. The number of ether oxygens (including phenoxy) is 2. The van der Waals surface area contributed by atoms with Crippen molar-refractivity contribution < 1.29 is 14.6 Å². The van der Waals surface area contributed by atoms with E-state index in [0.717, 1.165) is 22.4 Å². The number of nitrogens with one attached hydrogen (secondary N) is 1. The minimum atomic E-state index is 0.0111. The van der Waals surface area contributed by atoms with Crippen LogP contribution in [0.1, 0.15) is 18.5 Å². The Labute approximate surface area is 138 Å². The number of benzene rings is 1. The molecule has 1 aliphatic heterocycles. The van der Waals surface area contributed by atoms with Gasteiger partial charge in [-0.3, -0.25) is 0 Å². The topological polar surface area (TPSA) is 94.3 Å². The Hall–Kier alpha value is -2.87. The van der Waals surface area contributed by atoms with E-state index in [0.29, 0.717) is 18.0 Å². The molecule has 4 rings (SSSR count). The molecule has 124 valence electrons. The molecule has 0 saturated heterocycles. The van der Waals surface area contributed by atoms with E-state index in [1.54, 1.807) is 10.9 Å². The summed E-state index contributed by atoms with van der Waals surface area (Å²) in [6.45, 7) is 2.72. The van der Waals surface area contributed by atoms with Crippen LogP contribution >= 0.6 is 0 Å². The Kier molecular flexibility index (Phi) is 3.66. The summed E-state index contributed by atoms with van der Waals surface area (Å²) in [5.41, 5.74) is 1.76. The molecule has 2 N–H and O–H groups in total. The number of aliphatic hydroxyl groups is 1.